The minimum absolute atomic E-state index is 0.131. The van der Waals surface area contributed by atoms with Crippen molar-refractivity contribution in [3.63, 3.8) is 0 Å². The van der Waals surface area contributed by atoms with Crippen LogP contribution in [0, 0.1) is 11.8 Å². The third-order valence-corrected chi connectivity index (χ3v) is 2.12. The van der Waals surface area contributed by atoms with Crippen LogP contribution >= 0.6 is 0 Å². The molecule has 1 atom stereocenters. The Balaban J connectivity index is 4.84. The number of esters is 3. The Morgan fingerprint density at radius 3 is 1.94 bits per heavy atom. The molecule has 0 fully saturated rings. The molecule has 0 radical (unpaired) electrons. The lowest BCUT2D eigenvalue weighted by Crippen LogP contribution is -2.35. The van der Waals surface area contributed by atoms with Crippen molar-refractivity contribution in [3.8, 4) is 0 Å². The fourth-order valence-electron chi connectivity index (χ4n) is 1.21. The van der Waals surface area contributed by atoms with Crippen LogP contribution in [0.25, 0.3) is 0 Å². The molecule has 0 aromatic heterocycles. The first-order valence-electron chi connectivity index (χ1n) is 4.89. The third kappa shape index (κ3) is 4.67. The van der Waals surface area contributed by atoms with Crippen molar-refractivity contribution in [2.75, 3.05) is 20.8 Å². The zero-order chi connectivity index (χ0) is 13.4. The minimum atomic E-state index is -1.18. The highest BCUT2D eigenvalue weighted by molar-refractivity contribution is 5.95. The van der Waals surface area contributed by atoms with E-state index in [0.29, 0.717) is 0 Å². The van der Waals surface area contributed by atoms with Gasteiger partial charge in [-0.3, -0.25) is 14.4 Å². The number of carbonyl (C=O) groups excluding carboxylic acids is 3. The first-order chi connectivity index (χ1) is 7.97. The molecule has 0 N–H and O–H groups in total. The molecule has 0 aromatic rings. The summed E-state index contributed by atoms with van der Waals surface area (Å²) in [5, 5.41) is 0. The summed E-state index contributed by atoms with van der Waals surface area (Å²) in [5.41, 5.74) is 0. The maximum atomic E-state index is 11.4. The molecule has 0 bridgehead atoms. The average Bonchev–Trinajstić information content (AvgIpc) is 2.32. The molecule has 0 amide bonds. The van der Waals surface area contributed by atoms with Crippen molar-refractivity contribution in [3.05, 3.63) is 12.7 Å². The lowest BCUT2D eigenvalue weighted by molar-refractivity contribution is -0.163. The van der Waals surface area contributed by atoms with Gasteiger partial charge in [-0.25, -0.2) is 0 Å². The molecule has 0 saturated carbocycles. The van der Waals surface area contributed by atoms with Gasteiger partial charge in [0.05, 0.1) is 20.8 Å². The number of hydrogen-bond acceptors (Lipinski definition) is 6. The van der Waals surface area contributed by atoms with E-state index in [1.165, 1.54) is 13.0 Å². The van der Waals surface area contributed by atoms with E-state index in [1.54, 1.807) is 0 Å². The van der Waals surface area contributed by atoms with Gasteiger partial charge >= 0.3 is 17.9 Å². The van der Waals surface area contributed by atoms with Crippen LogP contribution < -0.4 is 0 Å². The van der Waals surface area contributed by atoms with Crippen molar-refractivity contribution < 1.29 is 28.6 Å². The molecule has 0 aliphatic carbocycles. The fourth-order valence-corrected chi connectivity index (χ4v) is 1.21. The van der Waals surface area contributed by atoms with Crippen LogP contribution in [0.3, 0.4) is 0 Å². The van der Waals surface area contributed by atoms with Crippen LogP contribution in [-0.4, -0.2) is 38.7 Å². The van der Waals surface area contributed by atoms with Crippen LogP contribution in [0.4, 0.5) is 0 Å². The van der Waals surface area contributed by atoms with E-state index in [9.17, 15) is 14.4 Å². The molecular formula is C11H16O6. The minimum Gasteiger partial charge on any atom is -0.468 e. The van der Waals surface area contributed by atoms with Gasteiger partial charge in [0.1, 0.15) is 0 Å². The van der Waals surface area contributed by atoms with Crippen LogP contribution in [0.15, 0.2) is 12.7 Å². The summed E-state index contributed by atoms with van der Waals surface area (Å²) in [7, 11) is 2.31. The lowest BCUT2D eigenvalue weighted by atomic mass is 9.93. The largest absolute Gasteiger partial charge is 0.468 e. The second-order valence-electron chi connectivity index (χ2n) is 3.23. The second-order valence-corrected chi connectivity index (χ2v) is 3.23. The van der Waals surface area contributed by atoms with Gasteiger partial charge in [0, 0.05) is 12.8 Å². The first-order valence-corrected chi connectivity index (χ1v) is 4.89. The molecule has 0 aliphatic rings. The van der Waals surface area contributed by atoms with Crippen LogP contribution in [0.5, 0.6) is 0 Å². The lowest BCUT2D eigenvalue weighted by Gasteiger charge is -2.19. The Morgan fingerprint density at radius 1 is 1.18 bits per heavy atom. The molecule has 0 heterocycles. The predicted octanol–water partition coefficient (Wildman–Crippen LogP) is 0.314. The standard InChI is InChI=1S/C11H16O6/c1-5-8(6-17-7(2)12)9(10(13)15-3)11(14)16-4/h5,8-9H,1,6H2,2-4H3. The quantitative estimate of drug-likeness (QED) is 0.289. The normalized spacial score (nSPS) is 11.5. The SMILES string of the molecule is C=CC(COC(C)=O)C(C(=O)OC)C(=O)OC. The van der Waals surface area contributed by atoms with E-state index in [-0.39, 0.29) is 6.61 Å². The van der Waals surface area contributed by atoms with Gasteiger partial charge < -0.3 is 14.2 Å². The summed E-state index contributed by atoms with van der Waals surface area (Å²) >= 11 is 0. The second kappa shape index (κ2) is 7.43. The molecule has 0 rings (SSSR count). The molecule has 6 heteroatoms. The van der Waals surface area contributed by atoms with E-state index >= 15 is 0 Å². The monoisotopic (exact) mass is 244 g/mol. The fraction of sp³-hybridized carbons (Fsp3) is 0.545. The Hall–Kier alpha value is -1.85. The van der Waals surface area contributed by atoms with Gasteiger partial charge in [0.2, 0.25) is 0 Å². The predicted molar refractivity (Wildman–Crippen MR) is 57.8 cm³/mol. The average molecular weight is 244 g/mol. The zero-order valence-electron chi connectivity index (χ0n) is 10.1. The molecule has 0 spiro atoms. The number of methoxy groups -OCH3 is 2. The van der Waals surface area contributed by atoms with Crippen LogP contribution in [0.2, 0.25) is 0 Å². The topological polar surface area (TPSA) is 78.9 Å². The molecule has 0 saturated heterocycles. The van der Waals surface area contributed by atoms with Crippen molar-refractivity contribution in [1.82, 2.24) is 0 Å². The van der Waals surface area contributed by atoms with E-state index in [4.69, 9.17) is 4.74 Å². The summed E-state index contributed by atoms with van der Waals surface area (Å²) in [4.78, 5) is 33.6. The number of ether oxygens (including phenoxy) is 3. The third-order valence-electron chi connectivity index (χ3n) is 2.12. The van der Waals surface area contributed by atoms with Crippen LogP contribution in [-0.2, 0) is 28.6 Å². The molecule has 17 heavy (non-hydrogen) atoms. The highest BCUT2D eigenvalue weighted by Gasteiger charge is 2.35. The summed E-state index contributed by atoms with van der Waals surface area (Å²) in [6, 6.07) is 0. The molecule has 0 aromatic carbocycles. The van der Waals surface area contributed by atoms with Gasteiger partial charge in [0.25, 0.3) is 0 Å². The first kappa shape index (κ1) is 15.2. The maximum Gasteiger partial charge on any atom is 0.320 e. The van der Waals surface area contributed by atoms with E-state index < -0.39 is 29.7 Å². The number of rotatable bonds is 6. The van der Waals surface area contributed by atoms with Crippen molar-refractivity contribution in [1.29, 1.82) is 0 Å². The van der Waals surface area contributed by atoms with Gasteiger partial charge in [-0.15, -0.1) is 6.58 Å². The van der Waals surface area contributed by atoms with E-state index in [0.717, 1.165) is 14.2 Å². The summed E-state index contributed by atoms with van der Waals surface area (Å²) in [6.07, 6.45) is 1.35. The molecule has 1 unspecified atom stereocenters. The van der Waals surface area contributed by atoms with Gasteiger partial charge in [0.15, 0.2) is 5.92 Å². The van der Waals surface area contributed by atoms with Crippen molar-refractivity contribution in [2.45, 2.75) is 6.92 Å². The maximum absolute atomic E-state index is 11.4. The zero-order valence-corrected chi connectivity index (χ0v) is 10.1. The highest BCUT2D eigenvalue weighted by atomic mass is 16.5. The summed E-state index contributed by atoms with van der Waals surface area (Å²) in [5.74, 6) is -3.88. The highest BCUT2D eigenvalue weighted by Crippen LogP contribution is 2.17. The summed E-state index contributed by atoms with van der Waals surface area (Å²) in [6.45, 7) is 4.58. The smallest absolute Gasteiger partial charge is 0.320 e. The van der Waals surface area contributed by atoms with Crippen LogP contribution in [0.1, 0.15) is 6.92 Å². The van der Waals surface area contributed by atoms with Gasteiger partial charge in [-0.2, -0.15) is 0 Å². The van der Waals surface area contributed by atoms with Crippen molar-refractivity contribution in [2.24, 2.45) is 11.8 Å². The van der Waals surface area contributed by atoms with E-state index in [1.807, 2.05) is 0 Å². The Labute approximate surface area is 99.5 Å². The van der Waals surface area contributed by atoms with Gasteiger partial charge in [-0.1, -0.05) is 6.08 Å². The summed E-state index contributed by atoms with van der Waals surface area (Å²) < 4.78 is 13.7. The molecule has 96 valence electrons. The van der Waals surface area contributed by atoms with Crippen molar-refractivity contribution >= 4 is 17.9 Å². The van der Waals surface area contributed by atoms with Gasteiger partial charge in [-0.05, 0) is 0 Å². The molecule has 6 nitrogen and oxygen atoms in total. The molecule has 0 aliphatic heterocycles. The molecular weight excluding hydrogens is 228 g/mol. The Kier molecular flexibility index (Phi) is 6.62. The Morgan fingerprint density at radius 2 is 1.65 bits per heavy atom. The number of carbonyl (C=O) groups is 3. The number of hydrogen-bond donors (Lipinski definition) is 0. The Bertz CT molecular complexity index is 293. The van der Waals surface area contributed by atoms with E-state index in [2.05, 4.69) is 16.1 Å².